The summed E-state index contributed by atoms with van der Waals surface area (Å²) in [4.78, 5) is 4.62. The van der Waals surface area contributed by atoms with Crippen LogP contribution in [0.1, 0.15) is 12.5 Å². The van der Waals surface area contributed by atoms with E-state index in [1.807, 2.05) is 29.7 Å². The molecule has 0 amide bonds. The summed E-state index contributed by atoms with van der Waals surface area (Å²) >= 11 is 6.09. The highest BCUT2D eigenvalue weighted by atomic mass is 35.5. The Morgan fingerprint density at radius 1 is 1.29 bits per heavy atom. The summed E-state index contributed by atoms with van der Waals surface area (Å²) in [5.41, 5.74) is 9.12. The zero-order chi connectivity index (χ0) is 15.0. The largest absolute Gasteiger partial charge is 0.326 e. The maximum absolute atomic E-state index is 13.7. The number of aromatic nitrogens is 2. The summed E-state index contributed by atoms with van der Waals surface area (Å²) in [7, 11) is 0. The second kappa shape index (κ2) is 5.47. The molecular weight excluding hydrogens is 289 g/mol. The van der Waals surface area contributed by atoms with Crippen molar-refractivity contribution in [1.82, 2.24) is 9.55 Å². The number of benzene rings is 2. The highest BCUT2D eigenvalue weighted by Crippen LogP contribution is 2.32. The molecule has 0 saturated heterocycles. The first kappa shape index (κ1) is 14.0. The zero-order valence-electron chi connectivity index (χ0n) is 11.6. The van der Waals surface area contributed by atoms with Gasteiger partial charge in [-0.2, -0.15) is 0 Å². The number of hydrogen-bond donors (Lipinski definition) is 1. The third kappa shape index (κ3) is 2.30. The number of hydrogen-bond acceptors (Lipinski definition) is 2. The van der Waals surface area contributed by atoms with Crippen molar-refractivity contribution in [2.45, 2.75) is 20.0 Å². The number of halogens is 2. The molecule has 2 N–H and O–H groups in total. The van der Waals surface area contributed by atoms with Crippen LogP contribution in [0.5, 0.6) is 0 Å². The monoisotopic (exact) mass is 303 g/mol. The minimum Gasteiger partial charge on any atom is -0.326 e. The number of fused-ring (bicyclic) bond motifs is 1. The van der Waals surface area contributed by atoms with Crippen LogP contribution in [-0.2, 0) is 13.1 Å². The minimum absolute atomic E-state index is 0.0987. The maximum Gasteiger partial charge on any atom is 0.142 e. The average Bonchev–Trinajstić information content (AvgIpc) is 2.87. The standard InChI is InChI=1S/C16H15ClFN3/c1-2-21-14-7-6-10(9-19)8-13(14)20-16(21)11-4-3-5-12(18)15(11)17/h3-8H,2,9,19H2,1H3. The summed E-state index contributed by atoms with van der Waals surface area (Å²) in [6.07, 6.45) is 0. The Balaban J connectivity index is 2.29. The molecule has 0 aliphatic carbocycles. The Hall–Kier alpha value is -1.91. The molecule has 108 valence electrons. The van der Waals surface area contributed by atoms with E-state index >= 15 is 0 Å². The van der Waals surface area contributed by atoms with E-state index in [0.29, 0.717) is 17.9 Å². The second-order valence-corrected chi connectivity index (χ2v) is 5.19. The van der Waals surface area contributed by atoms with Crippen molar-refractivity contribution in [1.29, 1.82) is 0 Å². The van der Waals surface area contributed by atoms with Crippen molar-refractivity contribution >= 4 is 22.6 Å². The SMILES string of the molecule is CCn1c(-c2cccc(F)c2Cl)nc2cc(CN)ccc21. The minimum atomic E-state index is -0.438. The fourth-order valence-corrected chi connectivity index (χ4v) is 2.72. The molecule has 3 rings (SSSR count). The Morgan fingerprint density at radius 3 is 2.81 bits per heavy atom. The number of rotatable bonds is 3. The van der Waals surface area contributed by atoms with Gasteiger partial charge in [0.2, 0.25) is 0 Å². The normalized spacial score (nSPS) is 11.2. The Kier molecular flexibility index (Phi) is 3.66. The van der Waals surface area contributed by atoms with Gasteiger partial charge in [0.05, 0.1) is 16.1 Å². The first-order chi connectivity index (χ1) is 10.2. The highest BCUT2D eigenvalue weighted by molar-refractivity contribution is 6.33. The van der Waals surface area contributed by atoms with Gasteiger partial charge in [-0.05, 0) is 36.8 Å². The quantitative estimate of drug-likeness (QED) is 0.795. The van der Waals surface area contributed by atoms with Crippen LogP contribution in [0.2, 0.25) is 5.02 Å². The van der Waals surface area contributed by atoms with Crippen LogP contribution in [0.3, 0.4) is 0 Å². The van der Waals surface area contributed by atoms with E-state index < -0.39 is 5.82 Å². The number of nitrogens with two attached hydrogens (primary N) is 1. The van der Waals surface area contributed by atoms with Crippen LogP contribution < -0.4 is 5.73 Å². The predicted molar refractivity (Wildman–Crippen MR) is 83.7 cm³/mol. The van der Waals surface area contributed by atoms with Gasteiger partial charge in [-0.3, -0.25) is 0 Å². The second-order valence-electron chi connectivity index (χ2n) is 4.81. The molecule has 0 fully saturated rings. The third-order valence-electron chi connectivity index (χ3n) is 3.56. The molecule has 2 aromatic carbocycles. The summed E-state index contributed by atoms with van der Waals surface area (Å²) in [5.74, 6) is 0.234. The van der Waals surface area contributed by atoms with E-state index in [1.54, 1.807) is 12.1 Å². The van der Waals surface area contributed by atoms with Crippen molar-refractivity contribution in [3.05, 3.63) is 52.8 Å². The van der Waals surface area contributed by atoms with Gasteiger partial charge in [0.15, 0.2) is 0 Å². The van der Waals surface area contributed by atoms with E-state index in [2.05, 4.69) is 4.98 Å². The number of aryl methyl sites for hydroxylation is 1. The molecule has 0 radical (unpaired) electrons. The molecule has 3 aromatic rings. The van der Waals surface area contributed by atoms with Crippen LogP contribution in [0, 0.1) is 5.82 Å². The molecule has 1 aromatic heterocycles. The molecule has 0 unspecified atom stereocenters. The lowest BCUT2D eigenvalue weighted by Gasteiger charge is -2.08. The average molecular weight is 304 g/mol. The Bertz CT molecular complexity index is 811. The van der Waals surface area contributed by atoms with Gasteiger partial charge in [0.25, 0.3) is 0 Å². The zero-order valence-corrected chi connectivity index (χ0v) is 12.4. The van der Waals surface area contributed by atoms with Gasteiger partial charge >= 0.3 is 0 Å². The molecule has 0 saturated carbocycles. The summed E-state index contributed by atoms with van der Waals surface area (Å²) in [6, 6.07) is 10.7. The van der Waals surface area contributed by atoms with Gasteiger partial charge < -0.3 is 10.3 Å². The molecule has 1 heterocycles. The number of imidazole rings is 1. The molecule has 0 aliphatic heterocycles. The van der Waals surface area contributed by atoms with Crippen LogP contribution in [0.15, 0.2) is 36.4 Å². The molecule has 5 heteroatoms. The first-order valence-electron chi connectivity index (χ1n) is 6.79. The van der Waals surface area contributed by atoms with E-state index in [9.17, 15) is 4.39 Å². The fraction of sp³-hybridized carbons (Fsp3) is 0.188. The maximum atomic E-state index is 13.7. The lowest BCUT2D eigenvalue weighted by atomic mass is 10.2. The topological polar surface area (TPSA) is 43.8 Å². The van der Waals surface area contributed by atoms with Crippen LogP contribution in [0.4, 0.5) is 4.39 Å². The van der Waals surface area contributed by atoms with Gasteiger partial charge in [-0.1, -0.05) is 23.7 Å². The summed E-state index contributed by atoms with van der Waals surface area (Å²) in [5, 5.41) is 0.0987. The molecule has 0 bridgehead atoms. The first-order valence-corrected chi connectivity index (χ1v) is 7.17. The van der Waals surface area contributed by atoms with Crippen molar-refractivity contribution in [2.75, 3.05) is 0 Å². The molecular formula is C16H15ClFN3. The lowest BCUT2D eigenvalue weighted by Crippen LogP contribution is -1.99. The molecule has 3 nitrogen and oxygen atoms in total. The van der Waals surface area contributed by atoms with Gasteiger partial charge in [-0.15, -0.1) is 0 Å². The van der Waals surface area contributed by atoms with Crippen LogP contribution in [0.25, 0.3) is 22.4 Å². The highest BCUT2D eigenvalue weighted by Gasteiger charge is 2.16. The van der Waals surface area contributed by atoms with E-state index in [1.165, 1.54) is 6.07 Å². The van der Waals surface area contributed by atoms with Gasteiger partial charge in [-0.25, -0.2) is 9.37 Å². The molecule has 0 spiro atoms. The van der Waals surface area contributed by atoms with Crippen molar-refractivity contribution in [2.24, 2.45) is 5.73 Å². The summed E-state index contributed by atoms with van der Waals surface area (Å²) in [6.45, 7) is 3.21. The van der Waals surface area contributed by atoms with Gasteiger partial charge in [0.1, 0.15) is 11.6 Å². The Labute approximate surface area is 127 Å². The van der Waals surface area contributed by atoms with Crippen molar-refractivity contribution in [3.63, 3.8) is 0 Å². The van der Waals surface area contributed by atoms with Crippen LogP contribution >= 0.6 is 11.6 Å². The third-order valence-corrected chi connectivity index (χ3v) is 3.94. The summed E-state index contributed by atoms with van der Waals surface area (Å²) < 4.78 is 15.7. The van der Waals surface area contributed by atoms with Crippen molar-refractivity contribution in [3.8, 4) is 11.4 Å². The smallest absolute Gasteiger partial charge is 0.142 e. The van der Waals surface area contributed by atoms with Crippen molar-refractivity contribution < 1.29 is 4.39 Å². The molecule has 21 heavy (non-hydrogen) atoms. The Morgan fingerprint density at radius 2 is 2.10 bits per heavy atom. The molecule has 0 atom stereocenters. The number of nitrogens with zero attached hydrogens (tertiary/aromatic N) is 2. The van der Waals surface area contributed by atoms with E-state index in [-0.39, 0.29) is 5.02 Å². The van der Waals surface area contributed by atoms with E-state index in [4.69, 9.17) is 17.3 Å². The fourth-order valence-electron chi connectivity index (χ4n) is 2.50. The molecule has 0 aliphatic rings. The van der Waals surface area contributed by atoms with Gasteiger partial charge in [0, 0.05) is 18.7 Å². The van der Waals surface area contributed by atoms with E-state index in [0.717, 1.165) is 23.1 Å². The predicted octanol–water partition coefficient (Wildman–Crippen LogP) is 3.97. The lowest BCUT2D eigenvalue weighted by molar-refractivity contribution is 0.628. The van der Waals surface area contributed by atoms with Crippen LogP contribution in [-0.4, -0.2) is 9.55 Å².